The van der Waals surface area contributed by atoms with Crippen LogP contribution in [0.3, 0.4) is 0 Å². The zero-order valence-electron chi connectivity index (χ0n) is 17.7. The van der Waals surface area contributed by atoms with Crippen LogP contribution in [-0.2, 0) is 9.59 Å². The second kappa shape index (κ2) is 9.66. The van der Waals surface area contributed by atoms with Crippen LogP contribution in [0.25, 0.3) is 10.9 Å². The maximum atomic E-state index is 14.0. The maximum absolute atomic E-state index is 14.0. The van der Waals surface area contributed by atoms with Gasteiger partial charge in [-0.15, -0.1) is 0 Å². The fraction of sp³-hybridized carbons (Fsp3) is 0.0417. The van der Waals surface area contributed by atoms with Crippen LogP contribution in [0.1, 0.15) is 16.1 Å². The Hall–Kier alpha value is -3.69. The van der Waals surface area contributed by atoms with E-state index in [2.05, 4.69) is 32.0 Å². The van der Waals surface area contributed by atoms with Gasteiger partial charge in [0.2, 0.25) is 0 Å². The first-order valence-corrected chi connectivity index (χ1v) is 11.2. The largest absolute Gasteiger partial charge is 0.328 e. The van der Waals surface area contributed by atoms with Gasteiger partial charge in [-0.2, -0.15) is 0 Å². The molecule has 0 saturated heterocycles. The summed E-state index contributed by atoms with van der Waals surface area (Å²) in [7, 11) is 0. The lowest BCUT2D eigenvalue weighted by Gasteiger charge is -2.14. The molecule has 4 aromatic rings. The van der Waals surface area contributed by atoms with Crippen LogP contribution >= 0.6 is 27.5 Å². The van der Waals surface area contributed by atoms with Crippen molar-refractivity contribution in [1.82, 2.24) is 4.68 Å². The summed E-state index contributed by atoms with van der Waals surface area (Å²) in [6.45, 7) is 1.71. The van der Waals surface area contributed by atoms with Crippen molar-refractivity contribution in [2.75, 3.05) is 16.1 Å². The monoisotopic (exact) mass is 542 g/mol. The third-order valence-electron chi connectivity index (χ3n) is 5.05. The minimum Gasteiger partial charge on any atom is -0.318 e. The first-order valence-electron chi connectivity index (χ1n) is 9.99. The predicted octanol–water partition coefficient (Wildman–Crippen LogP) is 5.47. The zero-order chi connectivity index (χ0) is 24.4. The highest BCUT2D eigenvalue weighted by atomic mass is 79.9. The summed E-state index contributed by atoms with van der Waals surface area (Å²) in [5.41, 5.74) is 3.87. The molecule has 0 aliphatic rings. The average molecular weight is 544 g/mol. The van der Waals surface area contributed by atoms with E-state index in [-0.39, 0.29) is 11.4 Å². The van der Waals surface area contributed by atoms with Gasteiger partial charge in [-0.25, -0.2) is 9.07 Å². The van der Waals surface area contributed by atoms with Gasteiger partial charge in [-0.1, -0.05) is 45.7 Å². The second-order valence-electron chi connectivity index (χ2n) is 7.31. The Bertz CT molecular complexity index is 1450. The molecule has 7 nitrogen and oxygen atoms in total. The van der Waals surface area contributed by atoms with E-state index in [1.807, 2.05) is 0 Å². The molecule has 0 fully saturated rings. The minimum atomic E-state index is -1.01. The van der Waals surface area contributed by atoms with Gasteiger partial charge in [0.25, 0.3) is 5.91 Å². The normalized spacial score (nSPS) is 10.7. The molecule has 10 heteroatoms. The van der Waals surface area contributed by atoms with Gasteiger partial charge >= 0.3 is 11.8 Å². The van der Waals surface area contributed by atoms with E-state index in [4.69, 9.17) is 11.6 Å². The van der Waals surface area contributed by atoms with Gasteiger partial charge in [-0.05, 0) is 61.0 Å². The summed E-state index contributed by atoms with van der Waals surface area (Å²) >= 11 is 9.44. The smallest absolute Gasteiger partial charge is 0.318 e. The first-order chi connectivity index (χ1) is 16.2. The number of amides is 3. The van der Waals surface area contributed by atoms with Crippen LogP contribution in [0.2, 0.25) is 5.02 Å². The van der Waals surface area contributed by atoms with Gasteiger partial charge in [0.1, 0.15) is 11.5 Å². The molecule has 34 heavy (non-hydrogen) atoms. The fourth-order valence-corrected chi connectivity index (χ4v) is 3.85. The lowest BCUT2D eigenvalue weighted by Crippen LogP contribution is -2.36. The molecular weight excluding hydrogens is 527 g/mol. The zero-order valence-corrected chi connectivity index (χ0v) is 20.0. The van der Waals surface area contributed by atoms with E-state index in [1.165, 1.54) is 28.9 Å². The number of aromatic nitrogens is 1. The second-order valence-corrected chi connectivity index (χ2v) is 8.63. The molecule has 0 saturated carbocycles. The fourth-order valence-electron chi connectivity index (χ4n) is 3.30. The molecule has 0 aliphatic carbocycles. The lowest BCUT2D eigenvalue weighted by molar-refractivity contribution is -0.133. The molecule has 0 unspecified atom stereocenters. The first kappa shape index (κ1) is 23.5. The topological polar surface area (TPSA) is 92.2 Å². The molecule has 3 aromatic carbocycles. The number of hydrogen-bond donors (Lipinski definition) is 3. The molecule has 0 atom stereocenters. The van der Waals surface area contributed by atoms with Gasteiger partial charge in [0.05, 0.1) is 11.2 Å². The summed E-state index contributed by atoms with van der Waals surface area (Å²) in [6.07, 6.45) is 0. The summed E-state index contributed by atoms with van der Waals surface area (Å²) in [4.78, 5) is 38.3. The van der Waals surface area contributed by atoms with Crippen molar-refractivity contribution in [3.63, 3.8) is 0 Å². The molecule has 3 N–H and O–H groups in total. The van der Waals surface area contributed by atoms with Crippen LogP contribution in [-0.4, -0.2) is 22.4 Å². The summed E-state index contributed by atoms with van der Waals surface area (Å²) in [5, 5.41) is 6.04. The van der Waals surface area contributed by atoms with Crippen LogP contribution < -0.4 is 16.1 Å². The van der Waals surface area contributed by atoms with Gasteiger partial charge in [0.15, 0.2) is 0 Å². The van der Waals surface area contributed by atoms with E-state index >= 15 is 0 Å². The summed E-state index contributed by atoms with van der Waals surface area (Å²) < 4.78 is 16.0. The number of carbonyl (C=O) groups is 3. The quantitative estimate of drug-likeness (QED) is 0.298. The Morgan fingerprint density at radius 2 is 1.65 bits per heavy atom. The molecule has 0 spiro atoms. The summed E-state index contributed by atoms with van der Waals surface area (Å²) in [6, 6.07) is 17.3. The van der Waals surface area contributed by atoms with Crippen molar-refractivity contribution in [2.24, 2.45) is 0 Å². The minimum absolute atomic E-state index is 0.00330. The number of benzene rings is 3. The molecule has 1 aromatic heterocycles. The molecular formula is C24H17BrClFN4O3. The number of anilines is 2. The maximum Gasteiger partial charge on any atom is 0.328 e. The number of para-hydroxylation sites is 1. The van der Waals surface area contributed by atoms with Crippen LogP contribution in [0.15, 0.2) is 71.2 Å². The molecule has 0 radical (unpaired) electrons. The van der Waals surface area contributed by atoms with Crippen molar-refractivity contribution in [3.8, 4) is 0 Å². The highest BCUT2D eigenvalue weighted by Crippen LogP contribution is 2.25. The number of carbonyl (C=O) groups excluding carboxylic acids is 3. The van der Waals surface area contributed by atoms with Gasteiger partial charge in [0, 0.05) is 20.6 Å². The SMILES string of the molecule is Cc1c(Cl)cccc1NC(=O)C(=O)Nn1c(C(=O)Nc2ccccc2F)cc2cc(Br)ccc21. The molecule has 172 valence electrons. The third-order valence-corrected chi connectivity index (χ3v) is 5.96. The molecule has 0 bridgehead atoms. The number of rotatable bonds is 4. The van der Waals surface area contributed by atoms with E-state index in [1.54, 1.807) is 49.4 Å². The van der Waals surface area contributed by atoms with Crippen molar-refractivity contribution < 1.29 is 18.8 Å². The van der Waals surface area contributed by atoms with Crippen LogP contribution in [0.4, 0.5) is 15.8 Å². The number of nitrogens with zero attached hydrogens (tertiary/aromatic N) is 1. The Kier molecular flexibility index (Phi) is 6.67. The number of hydrogen-bond acceptors (Lipinski definition) is 3. The van der Waals surface area contributed by atoms with Crippen molar-refractivity contribution in [1.29, 1.82) is 0 Å². The van der Waals surface area contributed by atoms with E-state index in [9.17, 15) is 18.8 Å². The Morgan fingerprint density at radius 1 is 0.912 bits per heavy atom. The van der Waals surface area contributed by atoms with E-state index < -0.39 is 23.5 Å². The Morgan fingerprint density at radius 3 is 2.41 bits per heavy atom. The molecule has 0 aliphatic heterocycles. The van der Waals surface area contributed by atoms with Gasteiger partial charge in [-0.3, -0.25) is 19.8 Å². The highest BCUT2D eigenvalue weighted by molar-refractivity contribution is 9.10. The molecule has 4 rings (SSSR count). The van der Waals surface area contributed by atoms with E-state index in [0.717, 1.165) is 4.47 Å². The van der Waals surface area contributed by atoms with Crippen molar-refractivity contribution in [2.45, 2.75) is 6.92 Å². The van der Waals surface area contributed by atoms with Gasteiger partial charge < -0.3 is 10.6 Å². The average Bonchev–Trinajstić information content (AvgIpc) is 3.15. The molecule has 1 heterocycles. The van der Waals surface area contributed by atoms with Crippen LogP contribution in [0.5, 0.6) is 0 Å². The summed E-state index contributed by atoms with van der Waals surface area (Å²) in [5.74, 6) is -3.25. The van der Waals surface area contributed by atoms with E-state index in [0.29, 0.717) is 27.2 Å². The number of halogens is 3. The highest BCUT2D eigenvalue weighted by Gasteiger charge is 2.22. The number of nitrogens with one attached hydrogen (secondary N) is 3. The van der Waals surface area contributed by atoms with Crippen LogP contribution in [0, 0.1) is 12.7 Å². The van der Waals surface area contributed by atoms with Crippen molar-refractivity contribution in [3.05, 3.63) is 93.3 Å². The predicted molar refractivity (Wildman–Crippen MR) is 133 cm³/mol. The Labute approximate surface area is 207 Å². The lowest BCUT2D eigenvalue weighted by atomic mass is 10.2. The molecule has 3 amide bonds. The Balaban J connectivity index is 1.65. The third kappa shape index (κ3) is 4.80. The van der Waals surface area contributed by atoms with Crippen molar-refractivity contribution >= 4 is 67.5 Å². The standard InChI is InChI=1S/C24H17BrClFN4O3/c1-13-16(26)5-4-8-18(13)28-23(33)24(34)30-31-20-10-9-15(25)11-14(20)12-21(31)22(32)29-19-7-3-2-6-17(19)27/h2-12H,1H3,(H,28,33)(H,29,32)(H,30,34). The number of fused-ring (bicyclic) bond motifs is 1.